The van der Waals surface area contributed by atoms with Crippen LogP contribution in [0.1, 0.15) is 25.5 Å². The molecule has 1 aromatic heterocycles. The topological polar surface area (TPSA) is 43.4 Å². The molecule has 1 aliphatic heterocycles. The van der Waals surface area contributed by atoms with Crippen LogP contribution >= 0.6 is 0 Å². The van der Waals surface area contributed by atoms with Crippen molar-refractivity contribution in [2.45, 2.75) is 32.5 Å². The van der Waals surface area contributed by atoms with E-state index in [4.69, 9.17) is 9.47 Å². The van der Waals surface area contributed by atoms with E-state index in [1.165, 1.54) is 0 Å². The van der Waals surface area contributed by atoms with Crippen molar-refractivity contribution in [3.8, 4) is 0 Å². The summed E-state index contributed by atoms with van der Waals surface area (Å²) in [6.07, 6.45) is 2.56. The van der Waals surface area contributed by atoms with Gasteiger partial charge in [-0.15, -0.1) is 0 Å². The Balaban J connectivity index is 1.75. The quantitative estimate of drug-likeness (QED) is 0.822. The number of pyridine rings is 1. The number of nitrogens with zero attached hydrogens (tertiary/aromatic N) is 1. The van der Waals surface area contributed by atoms with E-state index in [-0.39, 0.29) is 6.10 Å². The summed E-state index contributed by atoms with van der Waals surface area (Å²) in [5.41, 5.74) is 0.960. The molecule has 1 unspecified atom stereocenters. The normalized spacial score (nSPS) is 19.5. The van der Waals surface area contributed by atoms with E-state index in [1.807, 2.05) is 18.2 Å². The van der Waals surface area contributed by atoms with E-state index in [2.05, 4.69) is 17.2 Å². The van der Waals surface area contributed by atoms with Crippen molar-refractivity contribution in [2.75, 3.05) is 25.1 Å². The third-order valence-corrected chi connectivity index (χ3v) is 2.74. The van der Waals surface area contributed by atoms with Gasteiger partial charge >= 0.3 is 0 Å². The lowest BCUT2D eigenvalue weighted by molar-refractivity contribution is 0.00968. The molecular weight excluding hydrogens is 216 g/mol. The SMILES string of the molecule is CCNc1cccc(COCC2CCCO2)n1. The van der Waals surface area contributed by atoms with Crippen LogP contribution in [-0.2, 0) is 16.1 Å². The highest BCUT2D eigenvalue weighted by molar-refractivity contribution is 5.34. The Hall–Kier alpha value is -1.13. The maximum atomic E-state index is 5.62. The van der Waals surface area contributed by atoms with Gasteiger partial charge < -0.3 is 14.8 Å². The van der Waals surface area contributed by atoms with Crippen molar-refractivity contribution in [2.24, 2.45) is 0 Å². The van der Waals surface area contributed by atoms with E-state index >= 15 is 0 Å². The maximum Gasteiger partial charge on any atom is 0.126 e. The van der Waals surface area contributed by atoms with Gasteiger partial charge in [0.1, 0.15) is 5.82 Å². The summed E-state index contributed by atoms with van der Waals surface area (Å²) in [7, 11) is 0. The smallest absolute Gasteiger partial charge is 0.126 e. The van der Waals surface area contributed by atoms with Crippen LogP contribution in [0.3, 0.4) is 0 Å². The molecular formula is C13H20N2O2. The zero-order valence-corrected chi connectivity index (χ0v) is 10.3. The van der Waals surface area contributed by atoms with Crippen molar-refractivity contribution >= 4 is 5.82 Å². The van der Waals surface area contributed by atoms with Crippen molar-refractivity contribution < 1.29 is 9.47 Å². The lowest BCUT2D eigenvalue weighted by Gasteiger charge is -2.10. The highest BCUT2D eigenvalue weighted by atomic mass is 16.5. The lowest BCUT2D eigenvalue weighted by Crippen LogP contribution is -2.14. The van der Waals surface area contributed by atoms with Gasteiger partial charge in [0.05, 0.1) is 25.0 Å². The third kappa shape index (κ3) is 3.98. The Labute approximate surface area is 102 Å². The van der Waals surface area contributed by atoms with E-state index in [1.54, 1.807) is 0 Å². The van der Waals surface area contributed by atoms with E-state index in [0.29, 0.717) is 13.2 Å². The first-order chi connectivity index (χ1) is 8.38. The van der Waals surface area contributed by atoms with Gasteiger partial charge in [-0.3, -0.25) is 0 Å². The van der Waals surface area contributed by atoms with Gasteiger partial charge in [-0.25, -0.2) is 4.98 Å². The number of nitrogens with one attached hydrogen (secondary N) is 1. The summed E-state index contributed by atoms with van der Waals surface area (Å²) in [6, 6.07) is 5.94. The van der Waals surface area contributed by atoms with Crippen LogP contribution in [0.25, 0.3) is 0 Å². The average Bonchev–Trinajstić information content (AvgIpc) is 2.83. The van der Waals surface area contributed by atoms with Crippen molar-refractivity contribution in [3.63, 3.8) is 0 Å². The molecule has 0 radical (unpaired) electrons. The summed E-state index contributed by atoms with van der Waals surface area (Å²) in [6.45, 7) is 5.05. The second-order valence-corrected chi connectivity index (χ2v) is 4.19. The van der Waals surface area contributed by atoms with Crippen LogP contribution < -0.4 is 5.32 Å². The molecule has 2 heterocycles. The summed E-state index contributed by atoms with van der Waals surface area (Å²) >= 11 is 0. The molecule has 0 spiro atoms. The standard InChI is InChI=1S/C13H20N2O2/c1-2-14-13-7-3-5-11(15-13)9-16-10-12-6-4-8-17-12/h3,5,7,12H,2,4,6,8-10H2,1H3,(H,14,15). The summed E-state index contributed by atoms with van der Waals surface area (Å²) in [5.74, 6) is 0.908. The molecule has 1 atom stereocenters. The Bertz CT molecular complexity index is 338. The number of anilines is 1. The molecule has 1 fully saturated rings. The molecule has 1 aliphatic rings. The summed E-state index contributed by atoms with van der Waals surface area (Å²) in [5, 5.41) is 3.19. The molecule has 0 aliphatic carbocycles. The van der Waals surface area contributed by atoms with Crippen LogP contribution in [0.2, 0.25) is 0 Å². The first-order valence-corrected chi connectivity index (χ1v) is 6.27. The highest BCUT2D eigenvalue weighted by Crippen LogP contribution is 2.13. The lowest BCUT2D eigenvalue weighted by atomic mass is 10.2. The van der Waals surface area contributed by atoms with Crippen molar-refractivity contribution in [3.05, 3.63) is 23.9 Å². The second kappa shape index (κ2) is 6.57. The van der Waals surface area contributed by atoms with Crippen molar-refractivity contribution in [1.82, 2.24) is 4.98 Å². The van der Waals surface area contributed by atoms with E-state index in [9.17, 15) is 0 Å². The predicted octanol–water partition coefficient (Wildman–Crippen LogP) is 2.21. The molecule has 0 amide bonds. The highest BCUT2D eigenvalue weighted by Gasteiger charge is 2.15. The fourth-order valence-corrected chi connectivity index (χ4v) is 1.91. The fraction of sp³-hybridized carbons (Fsp3) is 0.615. The molecule has 2 rings (SSSR count). The Morgan fingerprint density at radius 3 is 3.24 bits per heavy atom. The van der Waals surface area contributed by atoms with Gasteiger partial charge in [0, 0.05) is 13.2 Å². The Morgan fingerprint density at radius 2 is 2.47 bits per heavy atom. The van der Waals surface area contributed by atoms with Gasteiger partial charge in [0.25, 0.3) is 0 Å². The third-order valence-electron chi connectivity index (χ3n) is 2.74. The average molecular weight is 236 g/mol. The van der Waals surface area contributed by atoms with Crippen LogP contribution in [0.5, 0.6) is 0 Å². The molecule has 94 valence electrons. The summed E-state index contributed by atoms with van der Waals surface area (Å²) in [4.78, 5) is 4.45. The molecule has 1 aromatic rings. The molecule has 0 aromatic carbocycles. The van der Waals surface area contributed by atoms with E-state index < -0.39 is 0 Å². The van der Waals surface area contributed by atoms with Crippen molar-refractivity contribution in [1.29, 1.82) is 0 Å². The fourth-order valence-electron chi connectivity index (χ4n) is 1.91. The van der Waals surface area contributed by atoms with Gasteiger partial charge in [-0.2, -0.15) is 0 Å². The molecule has 0 saturated carbocycles. The number of aromatic nitrogens is 1. The van der Waals surface area contributed by atoms with Gasteiger partial charge in [-0.1, -0.05) is 6.07 Å². The largest absolute Gasteiger partial charge is 0.376 e. The number of rotatable bonds is 6. The molecule has 1 N–H and O–H groups in total. The van der Waals surface area contributed by atoms with Crippen LogP contribution in [0.4, 0.5) is 5.82 Å². The van der Waals surface area contributed by atoms with Gasteiger partial charge in [0.2, 0.25) is 0 Å². The van der Waals surface area contributed by atoms with E-state index in [0.717, 1.165) is 37.5 Å². The first-order valence-electron chi connectivity index (χ1n) is 6.27. The van der Waals surface area contributed by atoms with Gasteiger partial charge in [-0.05, 0) is 31.9 Å². The van der Waals surface area contributed by atoms with Crippen LogP contribution in [0.15, 0.2) is 18.2 Å². The monoisotopic (exact) mass is 236 g/mol. The van der Waals surface area contributed by atoms with Crippen LogP contribution in [0, 0.1) is 0 Å². The minimum absolute atomic E-state index is 0.284. The zero-order chi connectivity index (χ0) is 11.9. The Morgan fingerprint density at radius 1 is 1.53 bits per heavy atom. The minimum atomic E-state index is 0.284. The number of hydrogen-bond acceptors (Lipinski definition) is 4. The maximum absolute atomic E-state index is 5.62. The molecule has 0 bridgehead atoms. The summed E-state index contributed by atoms with van der Waals surface area (Å²) < 4.78 is 11.1. The minimum Gasteiger partial charge on any atom is -0.376 e. The Kier molecular flexibility index (Phi) is 4.76. The zero-order valence-electron chi connectivity index (χ0n) is 10.3. The predicted molar refractivity (Wildman–Crippen MR) is 67.0 cm³/mol. The molecule has 17 heavy (non-hydrogen) atoms. The molecule has 1 saturated heterocycles. The molecule has 4 nitrogen and oxygen atoms in total. The first kappa shape index (κ1) is 12.3. The van der Waals surface area contributed by atoms with Gasteiger partial charge in [0.15, 0.2) is 0 Å². The molecule has 4 heteroatoms. The number of hydrogen-bond donors (Lipinski definition) is 1. The van der Waals surface area contributed by atoms with Crippen LogP contribution in [-0.4, -0.2) is 30.8 Å². The second-order valence-electron chi connectivity index (χ2n) is 4.19. The number of ether oxygens (including phenoxy) is 2.